The molecule has 0 saturated heterocycles. The van der Waals surface area contributed by atoms with E-state index in [9.17, 15) is 14.9 Å². The number of carbonyl (C=O) groups excluding carboxylic acids is 1. The van der Waals surface area contributed by atoms with Crippen LogP contribution in [0.2, 0.25) is 0 Å². The first-order valence-electron chi connectivity index (χ1n) is 6.73. The van der Waals surface area contributed by atoms with E-state index in [1.54, 1.807) is 4.57 Å². The molecule has 7 heteroatoms. The SMILES string of the molecule is CC(C)N(CCO)C(=O)c1cc([N+](=O)[O-])cn1C1CC1. The fourth-order valence-electron chi connectivity index (χ4n) is 2.24. The van der Waals surface area contributed by atoms with Crippen LogP contribution in [0.25, 0.3) is 0 Å². The first-order valence-corrected chi connectivity index (χ1v) is 6.73. The van der Waals surface area contributed by atoms with Crippen LogP contribution >= 0.6 is 0 Å². The highest BCUT2D eigenvalue weighted by Crippen LogP contribution is 2.38. The molecule has 1 aromatic rings. The highest BCUT2D eigenvalue weighted by atomic mass is 16.6. The Bertz CT molecular complexity index is 520. The Hall–Kier alpha value is -1.89. The molecule has 0 bridgehead atoms. The Morgan fingerprint density at radius 2 is 2.25 bits per heavy atom. The fourth-order valence-corrected chi connectivity index (χ4v) is 2.24. The van der Waals surface area contributed by atoms with Gasteiger partial charge in [-0.2, -0.15) is 0 Å². The topological polar surface area (TPSA) is 88.6 Å². The maximum atomic E-state index is 12.5. The van der Waals surface area contributed by atoms with Crippen LogP contribution in [0.3, 0.4) is 0 Å². The largest absolute Gasteiger partial charge is 0.395 e. The summed E-state index contributed by atoms with van der Waals surface area (Å²) in [6.45, 7) is 3.80. The number of nitro groups is 1. The molecule has 1 fully saturated rings. The number of hydrogen-bond donors (Lipinski definition) is 1. The molecule has 0 aliphatic heterocycles. The average Bonchev–Trinajstić information content (AvgIpc) is 3.13. The Morgan fingerprint density at radius 1 is 1.60 bits per heavy atom. The summed E-state index contributed by atoms with van der Waals surface area (Å²) >= 11 is 0. The minimum Gasteiger partial charge on any atom is -0.395 e. The van der Waals surface area contributed by atoms with Crippen molar-refractivity contribution in [3.8, 4) is 0 Å². The van der Waals surface area contributed by atoms with E-state index in [0.29, 0.717) is 5.69 Å². The molecule has 20 heavy (non-hydrogen) atoms. The molecule has 1 amide bonds. The number of aliphatic hydroxyl groups excluding tert-OH is 1. The van der Waals surface area contributed by atoms with Gasteiger partial charge in [-0.05, 0) is 26.7 Å². The van der Waals surface area contributed by atoms with Crippen molar-refractivity contribution in [3.63, 3.8) is 0 Å². The number of aromatic nitrogens is 1. The minimum atomic E-state index is -0.485. The van der Waals surface area contributed by atoms with Crippen molar-refractivity contribution >= 4 is 11.6 Å². The molecule has 1 aliphatic rings. The third kappa shape index (κ3) is 2.82. The highest BCUT2D eigenvalue weighted by Gasteiger charge is 2.32. The van der Waals surface area contributed by atoms with Crippen molar-refractivity contribution in [2.45, 2.75) is 38.8 Å². The number of nitrogens with zero attached hydrogens (tertiary/aromatic N) is 3. The van der Waals surface area contributed by atoms with Gasteiger partial charge in [-0.3, -0.25) is 14.9 Å². The second kappa shape index (κ2) is 5.62. The molecular formula is C13H19N3O4. The molecule has 7 nitrogen and oxygen atoms in total. The van der Waals surface area contributed by atoms with Gasteiger partial charge in [0.1, 0.15) is 5.69 Å². The van der Waals surface area contributed by atoms with Crippen molar-refractivity contribution in [2.24, 2.45) is 0 Å². The summed E-state index contributed by atoms with van der Waals surface area (Å²) in [4.78, 5) is 24.5. The van der Waals surface area contributed by atoms with E-state index < -0.39 is 4.92 Å². The third-order valence-corrected chi connectivity index (χ3v) is 3.43. The van der Waals surface area contributed by atoms with Gasteiger partial charge < -0.3 is 14.6 Å². The smallest absolute Gasteiger partial charge is 0.287 e. The number of carbonyl (C=O) groups is 1. The van der Waals surface area contributed by atoms with Crippen molar-refractivity contribution < 1.29 is 14.8 Å². The Balaban J connectivity index is 2.34. The van der Waals surface area contributed by atoms with Gasteiger partial charge in [0, 0.05) is 24.7 Å². The van der Waals surface area contributed by atoms with E-state index in [-0.39, 0.29) is 36.8 Å². The summed E-state index contributed by atoms with van der Waals surface area (Å²) in [5.74, 6) is -0.269. The van der Waals surface area contributed by atoms with Crippen LogP contribution in [-0.4, -0.2) is 44.6 Å². The van der Waals surface area contributed by atoms with E-state index in [1.807, 2.05) is 13.8 Å². The zero-order chi connectivity index (χ0) is 14.9. The van der Waals surface area contributed by atoms with Crippen molar-refractivity contribution in [2.75, 3.05) is 13.2 Å². The normalized spacial score (nSPS) is 14.6. The number of rotatable bonds is 6. The summed E-state index contributed by atoms with van der Waals surface area (Å²) in [6.07, 6.45) is 3.31. The van der Waals surface area contributed by atoms with Gasteiger partial charge in [0.05, 0.1) is 17.7 Å². The summed E-state index contributed by atoms with van der Waals surface area (Å²) in [7, 11) is 0. The van der Waals surface area contributed by atoms with E-state index in [4.69, 9.17) is 5.11 Å². The Kier molecular flexibility index (Phi) is 4.08. The lowest BCUT2D eigenvalue weighted by Gasteiger charge is -2.26. The van der Waals surface area contributed by atoms with E-state index in [2.05, 4.69) is 0 Å². The van der Waals surface area contributed by atoms with Gasteiger partial charge in [-0.25, -0.2) is 0 Å². The van der Waals surface area contributed by atoms with E-state index in [0.717, 1.165) is 12.8 Å². The molecular weight excluding hydrogens is 262 g/mol. The first-order chi connectivity index (χ1) is 9.45. The second-order valence-corrected chi connectivity index (χ2v) is 5.29. The molecule has 1 aliphatic carbocycles. The maximum Gasteiger partial charge on any atom is 0.287 e. The molecule has 0 radical (unpaired) electrons. The van der Waals surface area contributed by atoms with Crippen LogP contribution in [0.1, 0.15) is 43.2 Å². The van der Waals surface area contributed by atoms with Crippen molar-refractivity contribution in [1.29, 1.82) is 0 Å². The molecule has 1 saturated carbocycles. The first kappa shape index (κ1) is 14.5. The van der Waals surface area contributed by atoms with Crippen molar-refractivity contribution in [3.05, 3.63) is 28.1 Å². The van der Waals surface area contributed by atoms with Gasteiger partial charge in [0.25, 0.3) is 11.6 Å². The van der Waals surface area contributed by atoms with Crippen LogP contribution in [-0.2, 0) is 0 Å². The highest BCUT2D eigenvalue weighted by molar-refractivity contribution is 5.94. The minimum absolute atomic E-state index is 0.0621. The van der Waals surface area contributed by atoms with Crippen LogP contribution < -0.4 is 0 Å². The molecule has 110 valence electrons. The zero-order valence-electron chi connectivity index (χ0n) is 11.7. The van der Waals surface area contributed by atoms with Gasteiger partial charge >= 0.3 is 0 Å². The van der Waals surface area contributed by atoms with Gasteiger partial charge in [0.2, 0.25) is 0 Å². The molecule has 0 aromatic carbocycles. The van der Waals surface area contributed by atoms with Gasteiger partial charge in [-0.1, -0.05) is 0 Å². The predicted molar refractivity (Wildman–Crippen MR) is 72.6 cm³/mol. The molecule has 2 rings (SSSR count). The molecule has 1 heterocycles. The average molecular weight is 281 g/mol. The molecule has 1 aromatic heterocycles. The number of amides is 1. The van der Waals surface area contributed by atoms with E-state index in [1.165, 1.54) is 17.2 Å². The van der Waals surface area contributed by atoms with Gasteiger partial charge in [-0.15, -0.1) is 0 Å². The van der Waals surface area contributed by atoms with Crippen LogP contribution in [0.4, 0.5) is 5.69 Å². The number of aliphatic hydroxyl groups is 1. The zero-order valence-corrected chi connectivity index (χ0v) is 11.7. The molecule has 1 N–H and O–H groups in total. The van der Waals surface area contributed by atoms with Crippen LogP contribution in [0.15, 0.2) is 12.3 Å². The number of hydrogen-bond acceptors (Lipinski definition) is 4. The van der Waals surface area contributed by atoms with E-state index >= 15 is 0 Å². The third-order valence-electron chi connectivity index (χ3n) is 3.43. The monoisotopic (exact) mass is 281 g/mol. The fraction of sp³-hybridized carbons (Fsp3) is 0.615. The summed E-state index contributed by atoms with van der Waals surface area (Å²) in [6, 6.07) is 1.44. The molecule has 0 atom stereocenters. The quantitative estimate of drug-likeness (QED) is 0.633. The summed E-state index contributed by atoms with van der Waals surface area (Å²) in [5, 5.41) is 19.9. The predicted octanol–water partition coefficient (Wildman–Crippen LogP) is 1.57. The molecule has 0 spiro atoms. The van der Waals surface area contributed by atoms with Gasteiger partial charge in [0.15, 0.2) is 0 Å². The Labute approximate surface area is 116 Å². The lowest BCUT2D eigenvalue weighted by molar-refractivity contribution is -0.384. The molecule has 0 unspecified atom stereocenters. The maximum absolute atomic E-state index is 12.5. The lowest BCUT2D eigenvalue weighted by atomic mass is 10.2. The second-order valence-electron chi connectivity index (χ2n) is 5.29. The summed E-state index contributed by atoms with van der Waals surface area (Å²) < 4.78 is 1.70. The Morgan fingerprint density at radius 3 is 2.70 bits per heavy atom. The summed E-state index contributed by atoms with van der Waals surface area (Å²) in [5.41, 5.74) is 0.273. The van der Waals surface area contributed by atoms with Crippen LogP contribution in [0, 0.1) is 10.1 Å². The van der Waals surface area contributed by atoms with Crippen LogP contribution in [0.5, 0.6) is 0 Å². The lowest BCUT2D eigenvalue weighted by Crippen LogP contribution is -2.39. The van der Waals surface area contributed by atoms with Crippen molar-refractivity contribution in [1.82, 2.24) is 9.47 Å². The standard InChI is InChI=1S/C13H19N3O4/c1-9(2)14(5-6-17)13(18)12-7-11(16(19)20)8-15(12)10-3-4-10/h7-10,17H,3-6H2,1-2H3.